The Hall–Kier alpha value is -1.66. The first-order valence-corrected chi connectivity index (χ1v) is 7.22. The lowest BCUT2D eigenvalue weighted by atomic mass is 10.2. The van der Waals surface area contributed by atoms with Crippen molar-refractivity contribution in [3.05, 3.63) is 23.5 Å². The summed E-state index contributed by atoms with van der Waals surface area (Å²) < 4.78 is 11.0. The van der Waals surface area contributed by atoms with Crippen LogP contribution in [0.2, 0.25) is 0 Å². The lowest BCUT2D eigenvalue weighted by Gasteiger charge is -2.35. The molecule has 1 fully saturated rings. The Labute approximate surface area is 125 Å². The minimum atomic E-state index is -0.405. The molecule has 1 saturated heterocycles. The van der Waals surface area contributed by atoms with Crippen LogP contribution in [0.1, 0.15) is 29.9 Å². The highest BCUT2D eigenvalue weighted by atomic mass is 16.6. The fourth-order valence-electron chi connectivity index (χ4n) is 2.31. The molecule has 2 rings (SSSR count). The van der Waals surface area contributed by atoms with Crippen molar-refractivity contribution in [2.24, 2.45) is 0 Å². The minimum Gasteiger partial charge on any atom is -0.459 e. The maximum Gasteiger partial charge on any atom is 0.340 e. The van der Waals surface area contributed by atoms with Gasteiger partial charge in [-0.25, -0.2) is 4.79 Å². The van der Waals surface area contributed by atoms with Crippen LogP contribution in [0.25, 0.3) is 0 Å². The molecular formula is C15H23N3O3. The number of hydrogen-bond acceptors (Lipinski definition) is 6. The van der Waals surface area contributed by atoms with Crippen molar-refractivity contribution in [3.8, 4) is 0 Å². The van der Waals surface area contributed by atoms with Crippen LogP contribution in [0.4, 0.5) is 5.69 Å². The van der Waals surface area contributed by atoms with Gasteiger partial charge in [0.1, 0.15) is 12.7 Å². The van der Waals surface area contributed by atoms with E-state index in [1.807, 2.05) is 0 Å². The predicted octanol–water partition coefficient (Wildman–Crippen LogP) is 1.24. The van der Waals surface area contributed by atoms with Gasteiger partial charge < -0.3 is 15.2 Å². The minimum absolute atomic E-state index is 0.0839. The number of carbonyl (C=O) groups excluding carboxylic acids is 1. The van der Waals surface area contributed by atoms with Crippen LogP contribution in [-0.4, -0.2) is 54.3 Å². The Morgan fingerprint density at radius 3 is 3.10 bits per heavy atom. The van der Waals surface area contributed by atoms with Gasteiger partial charge in [0, 0.05) is 19.1 Å². The number of morpholine rings is 1. The molecule has 116 valence electrons. The van der Waals surface area contributed by atoms with Crippen LogP contribution in [0, 0.1) is 6.92 Å². The summed E-state index contributed by atoms with van der Waals surface area (Å²) in [6, 6.07) is 2.06. The third-order valence-electron chi connectivity index (χ3n) is 3.63. The summed E-state index contributed by atoms with van der Waals surface area (Å²) in [6.07, 6.45) is 1.44. The maximum atomic E-state index is 12.1. The molecule has 2 N–H and O–H groups in total. The molecular weight excluding hydrogens is 270 g/mol. The number of pyridine rings is 1. The second kappa shape index (κ2) is 6.87. The summed E-state index contributed by atoms with van der Waals surface area (Å²) in [5, 5.41) is 0. The van der Waals surface area contributed by atoms with Crippen LogP contribution in [0.3, 0.4) is 0 Å². The monoisotopic (exact) mass is 293 g/mol. The second-order valence-corrected chi connectivity index (χ2v) is 5.58. The molecule has 0 aromatic carbocycles. The molecule has 0 radical (unpaired) electrons. The largest absolute Gasteiger partial charge is 0.459 e. The first-order valence-electron chi connectivity index (χ1n) is 7.22. The maximum absolute atomic E-state index is 12.1. The first-order chi connectivity index (χ1) is 9.97. The van der Waals surface area contributed by atoms with E-state index in [0.29, 0.717) is 29.6 Å². The molecule has 21 heavy (non-hydrogen) atoms. The number of ether oxygens (including phenoxy) is 2. The number of nitrogens with zero attached hydrogens (tertiary/aromatic N) is 2. The van der Waals surface area contributed by atoms with Gasteiger partial charge in [-0.05, 0) is 26.8 Å². The van der Waals surface area contributed by atoms with Crippen LogP contribution < -0.4 is 5.73 Å². The normalized spacial score (nSPS) is 19.7. The lowest BCUT2D eigenvalue weighted by Crippen LogP contribution is -2.47. The van der Waals surface area contributed by atoms with E-state index < -0.39 is 5.97 Å². The number of nitrogens with two attached hydrogens (primary N) is 1. The SMILES string of the molecule is Cc1ncc(N)cc1C(=O)OCC1CN(C(C)C)CCO1. The summed E-state index contributed by atoms with van der Waals surface area (Å²) in [4.78, 5) is 18.5. The van der Waals surface area contributed by atoms with Gasteiger partial charge in [-0.3, -0.25) is 9.88 Å². The third kappa shape index (κ3) is 4.15. The molecule has 0 aliphatic carbocycles. The van der Waals surface area contributed by atoms with Crippen molar-refractivity contribution in [1.82, 2.24) is 9.88 Å². The van der Waals surface area contributed by atoms with E-state index in [4.69, 9.17) is 15.2 Å². The van der Waals surface area contributed by atoms with E-state index in [-0.39, 0.29) is 12.7 Å². The van der Waals surface area contributed by atoms with Gasteiger partial charge >= 0.3 is 5.97 Å². The molecule has 0 spiro atoms. The number of nitrogen functional groups attached to an aromatic ring is 1. The fourth-order valence-corrected chi connectivity index (χ4v) is 2.31. The summed E-state index contributed by atoms with van der Waals surface area (Å²) >= 11 is 0. The lowest BCUT2D eigenvalue weighted by molar-refractivity contribution is -0.0663. The van der Waals surface area contributed by atoms with Crippen LogP contribution in [0.5, 0.6) is 0 Å². The smallest absolute Gasteiger partial charge is 0.340 e. The van der Waals surface area contributed by atoms with E-state index in [0.717, 1.165) is 13.1 Å². The average Bonchev–Trinajstić information content (AvgIpc) is 2.47. The number of rotatable bonds is 4. The quantitative estimate of drug-likeness (QED) is 0.842. The van der Waals surface area contributed by atoms with Gasteiger partial charge in [0.15, 0.2) is 0 Å². The van der Waals surface area contributed by atoms with E-state index in [9.17, 15) is 4.79 Å². The predicted molar refractivity (Wildman–Crippen MR) is 80.1 cm³/mol. The van der Waals surface area contributed by atoms with Gasteiger partial charge in [0.2, 0.25) is 0 Å². The van der Waals surface area contributed by atoms with E-state index in [1.54, 1.807) is 13.0 Å². The number of hydrogen-bond donors (Lipinski definition) is 1. The van der Waals surface area contributed by atoms with Crippen LogP contribution >= 0.6 is 0 Å². The van der Waals surface area contributed by atoms with Crippen molar-refractivity contribution in [2.45, 2.75) is 32.9 Å². The van der Waals surface area contributed by atoms with Crippen LogP contribution in [0.15, 0.2) is 12.3 Å². The number of aryl methyl sites for hydroxylation is 1. The van der Waals surface area contributed by atoms with Crippen molar-refractivity contribution in [2.75, 3.05) is 32.0 Å². The van der Waals surface area contributed by atoms with Gasteiger partial charge in [0.05, 0.1) is 29.7 Å². The molecule has 1 aliphatic rings. The Morgan fingerprint density at radius 2 is 2.38 bits per heavy atom. The van der Waals surface area contributed by atoms with Crippen molar-refractivity contribution < 1.29 is 14.3 Å². The standard InChI is InChI=1S/C15H23N3O3/c1-10(2)18-4-5-20-13(8-18)9-21-15(19)14-6-12(16)7-17-11(14)3/h6-7,10,13H,4-5,8-9,16H2,1-3H3. The molecule has 0 bridgehead atoms. The van der Waals surface area contributed by atoms with Crippen molar-refractivity contribution in [3.63, 3.8) is 0 Å². The first kappa shape index (κ1) is 15.7. The summed E-state index contributed by atoms with van der Waals surface area (Å²) in [6.45, 7) is 8.66. The number of carbonyl (C=O) groups is 1. The third-order valence-corrected chi connectivity index (χ3v) is 3.63. The molecule has 6 nitrogen and oxygen atoms in total. The molecule has 1 unspecified atom stereocenters. The number of aromatic nitrogens is 1. The molecule has 0 amide bonds. The molecule has 1 aliphatic heterocycles. The van der Waals surface area contributed by atoms with E-state index >= 15 is 0 Å². The summed E-state index contributed by atoms with van der Waals surface area (Å²) in [5.74, 6) is -0.405. The highest BCUT2D eigenvalue weighted by molar-refractivity contribution is 5.91. The van der Waals surface area contributed by atoms with Gasteiger partial charge in [-0.2, -0.15) is 0 Å². The zero-order chi connectivity index (χ0) is 15.4. The zero-order valence-electron chi connectivity index (χ0n) is 12.8. The topological polar surface area (TPSA) is 77.7 Å². The molecule has 1 aromatic rings. The Kier molecular flexibility index (Phi) is 5.14. The van der Waals surface area contributed by atoms with Gasteiger partial charge in [0.25, 0.3) is 0 Å². The molecule has 1 aromatic heterocycles. The number of anilines is 1. The summed E-state index contributed by atoms with van der Waals surface area (Å²) in [5.41, 5.74) is 7.13. The highest BCUT2D eigenvalue weighted by Gasteiger charge is 2.24. The van der Waals surface area contributed by atoms with Crippen LogP contribution in [-0.2, 0) is 9.47 Å². The molecule has 1 atom stereocenters. The van der Waals surface area contributed by atoms with E-state index in [2.05, 4.69) is 23.7 Å². The Balaban J connectivity index is 1.90. The Bertz CT molecular complexity index is 505. The Morgan fingerprint density at radius 1 is 1.62 bits per heavy atom. The second-order valence-electron chi connectivity index (χ2n) is 5.58. The van der Waals surface area contributed by atoms with Gasteiger partial charge in [-0.1, -0.05) is 0 Å². The zero-order valence-corrected chi connectivity index (χ0v) is 12.8. The number of esters is 1. The highest BCUT2D eigenvalue weighted by Crippen LogP contribution is 2.13. The fraction of sp³-hybridized carbons (Fsp3) is 0.600. The molecule has 0 saturated carbocycles. The van der Waals surface area contributed by atoms with Crippen molar-refractivity contribution >= 4 is 11.7 Å². The average molecular weight is 293 g/mol. The van der Waals surface area contributed by atoms with Crippen molar-refractivity contribution in [1.29, 1.82) is 0 Å². The van der Waals surface area contributed by atoms with Gasteiger partial charge in [-0.15, -0.1) is 0 Å². The summed E-state index contributed by atoms with van der Waals surface area (Å²) in [7, 11) is 0. The van der Waals surface area contributed by atoms with E-state index in [1.165, 1.54) is 6.20 Å². The molecule has 2 heterocycles. The molecule has 6 heteroatoms.